The second kappa shape index (κ2) is 8.08. The third kappa shape index (κ3) is 4.18. The molecule has 0 saturated heterocycles. The minimum atomic E-state index is -0.621. The molecular weight excluding hydrogens is 362 g/mol. The highest BCUT2D eigenvalue weighted by molar-refractivity contribution is 5.94. The molecule has 0 spiro atoms. The third-order valence-corrected chi connectivity index (χ3v) is 4.01. The Morgan fingerprint density at radius 1 is 1.04 bits per heavy atom. The molecule has 142 valence electrons. The summed E-state index contributed by atoms with van der Waals surface area (Å²) in [6, 6.07) is 8.58. The number of benzene rings is 1. The van der Waals surface area contributed by atoms with Gasteiger partial charge in [-0.15, -0.1) is 0 Å². The minimum Gasteiger partial charge on any atom is -0.334 e. The molecule has 2 heterocycles. The van der Waals surface area contributed by atoms with Crippen molar-refractivity contribution in [3.05, 3.63) is 75.9 Å². The smallest absolute Gasteiger partial charge is 0.334 e. The van der Waals surface area contributed by atoms with Gasteiger partial charge in [-0.1, -0.05) is 6.07 Å². The quantitative estimate of drug-likeness (QED) is 0.439. The lowest BCUT2D eigenvalue weighted by Crippen LogP contribution is -2.30. The summed E-state index contributed by atoms with van der Waals surface area (Å²) in [5.41, 5.74) is 7.60. The largest absolute Gasteiger partial charge is 0.355 e. The average molecular weight is 379 g/mol. The van der Waals surface area contributed by atoms with Crippen LogP contribution in [0.15, 0.2) is 49.1 Å². The van der Waals surface area contributed by atoms with E-state index in [2.05, 4.69) is 31.1 Å². The predicted octanol–water partition coefficient (Wildman–Crippen LogP) is 2.90. The molecule has 0 unspecified atom stereocenters. The van der Waals surface area contributed by atoms with Crippen LogP contribution in [0.5, 0.6) is 0 Å². The third-order valence-electron chi connectivity index (χ3n) is 4.01. The number of rotatable bonds is 6. The number of hydrogen-bond donors (Lipinski definition) is 3. The van der Waals surface area contributed by atoms with Crippen molar-refractivity contribution in [1.82, 2.24) is 20.4 Å². The van der Waals surface area contributed by atoms with Gasteiger partial charge in [-0.05, 0) is 49.2 Å². The zero-order valence-corrected chi connectivity index (χ0v) is 15.1. The van der Waals surface area contributed by atoms with Gasteiger partial charge in [0.15, 0.2) is 0 Å². The molecule has 0 aliphatic rings. The van der Waals surface area contributed by atoms with Crippen LogP contribution in [-0.2, 0) is 0 Å². The van der Waals surface area contributed by atoms with Crippen molar-refractivity contribution in [1.29, 1.82) is 0 Å². The molecule has 3 aromatic rings. The van der Waals surface area contributed by atoms with E-state index in [1.807, 2.05) is 26.0 Å². The normalized spacial score (nSPS) is 10.2. The summed E-state index contributed by atoms with van der Waals surface area (Å²) in [5, 5.41) is 14.5. The number of nitro groups is 1. The van der Waals surface area contributed by atoms with Crippen molar-refractivity contribution in [3.63, 3.8) is 0 Å². The molecule has 10 heteroatoms. The van der Waals surface area contributed by atoms with E-state index in [-0.39, 0.29) is 11.6 Å². The number of carbonyl (C=O) groups is 1. The summed E-state index contributed by atoms with van der Waals surface area (Å²) in [6.07, 6.45) is 4.10. The lowest BCUT2D eigenvalue weighted by molar-refractivity contribution is -0.383. The molecule has 1 aromatic carbocycles. The Morgan fingerprint density at radius 3 is 2.43 bits per heavy atom. The molecule has 2 aromatic heterocycles. The first-order valence-corrected chi connectivity index (χ1v) is 8.25. The number of hydrazine groups is 1. The fourth-order valence-electron chi connectivity index (χ4n) is 2.38. The molecule has 3 rings (SSSR count). The zero-order chi connectivity index (χ0) is 20.1. The highest BCUT2D eigenvalue weighted by Crippen LogP contribution is 2.31. The van der Waals surface area contributed by atoms with Crippen molar-refractivity contribution in [2.75, 3.05) is 10.7 Å². The summed E-state index contributed by atoms with van der Waals surface area (Å²) in [5.74, 6) is -0.628. The molecule has 0 aliphatic heterocycles. The van der Waals surface area contributed by atoms with Gasteiger partial charge in [0, 0.05) is 23.6 Å². The van der Waals surface area contributed by atoms with Gasteiger partial charge in [0.05, 0.1) is 4.92 Å². The maximum atomic E-state index is 12.1. The van der Waals surface area contributed by atoms with Crippen molar-refractivity contribution in [2.24, 2.45) is 0 Å². The van der Waals surface area contributed by atoms with E-state index >= 15 is 0 Å². The van der Waals surface area contributed by atoms with Crippen LogP contribution in [0.2, 0.25) is 0 Å². The molecule has 10 nitrogen and oxygen atoms in total. The number of aromatic nitrogens is 3. The molecule has 0 atom stereocenters. The number of amides is 1. The van der Waals surface area contributed by atoms with Crippen LogP contribution in [-0.4, -0.2) is 25.8 Å². The van der Waals surface area contributed by atoms with Crippen molar-refractivity contribution < 1.29 is 9.72 Å². The van der Waals surface area contributed by atoms with E-state index in [9.17, 15) is 14.9 Å². The van der Waals surface area contributed by atoms with Gasteiger partial charge in [0.1, 0.15) is 6.33 Å². The van der Waals surface area contributed by atoms with Gasteiger partial charge in [-0.3, -0.25) is 30.7 Å². The van der Waals surface area contributed by atoms with E-state index in [1.165, 1.54) is 24.5 Å². The Morgan fingerprint density at radius 2 is 1.75 bits per heavy atom. The van der Waals surface area contributed by atoms with E-state index < -0.39 is 16.5 Å². The van der Waals surface area contributed by atoms with E-state index in [1.54, 1.807) is 6.07 Å². The molecule has 0 radical (unpaired) electrons. The minimum absolute atomic E-state index is 0.00362. The summed E-state index contributed by atoms with van der Waals surface area (Å²) in [4.78, 5) is 34.8. The molecule has 0 aliphatic carbocycles. The number of nitrogens with one attached hydrogen (secondary N) is 3. The second-order valence-electron chi connectivity index (χ2n) is 5.92. The van der Waals surface area contributed by atoms with Gasteiger partial charge in [-0.2, -0.15) is 0 Å². The molecule has 0 fully saturated rings. The SMILES string of the molecule is Cc1ccc(Nc2ncnc(NNC(=O)c3ccncc3)c2[N+](=O)[O-])cc1C. The van der Waals surface area contributed by atoms with Crippen LogP contribution in [0, 0.1) is 24.0 Å². The maximum absolute atomic E-state index is 12.1. The first-order valence-electron chi connectivity index (χ1n) is 8.25. The lowest BCUT2D eigenvalue weighted by atomic mass is 10.1. The van der Waals surface area contributed by atoms with Crippen molar-refractivity contribution >= 4 is 28.9 Å². The number of aryl methyl sites for hydroxylation is 2. The number of anilines is 3. The maximum Gasteiger partial charge on any atom is 0.355 e. The molecule has 3 N–H and O–H groups in total. The number of carbonyl (C=O) groups excluding carboxylic acids is 1. The summed E-state index contributed by atoms with van der Waals surface area (Å²) in [6.45, 7) is 3.91. The predicted molar refractivity (Wildman–Crippen MR) is 103 cm³/mol. The van der Waals surface area contributed by atoms with Crippen molar-refractivity contribution in [3.8, 4) is 0 Å². The van der Waals surface area contributed by atoms with Crippen LogP contribution in [0.25, 0.3) is 0 Å². The highest BCUT2D eigenvalue weighted by Gasteiger charge is 2.23. The van der Waals surface area contributed by atoms with E-state index in [0.717, 1.165) is 17.5 Å². The number of nitrogens with zero attached hydrogens (tertiary/aromatic N) is 4. The Labute approximate surface area is 160 Å². The van der Waals surface area contributed by atoms with Crippen LogP contribution in [0.3, 0.4) is 0 Å². The Bertz CT molecular complexity index is 1020. The molecule has 0 bridgehead atoms. The fourth-order valence-corrected chi connectivity index (χ4v) is 2.38. The molecule has 28 heavy (non-hydrogen) atoms. The van der Waals surface area contributed by atoms with E-state index in [0.29, 0.717) is 11.3 Å². The standard InChI is InChI=1S/C18H17N7O3/c1-11-3-4-14(9-12(11)2)22-16-15(25(27)28)17(21-10-20-16)23-24-18(26)13-5-7-19-8-6-13/h3-10H,1-2H3,(H,24,26)(H2,20,21,22,23). The van der Waals surface area contributed by atoms with Gasteiger partial charge < -0.3 is 5.32 Å². The highest BCUT2D eigenvalue weighted by atomic mass is 16.6. The van der Waals surface area contributed by atoms with Crippen molar-refractivity contribution in [2.45, 2.75) is 13.8 Å². The summed E-state index contributed by atoms with van der Waals surface area (Å²) in [7, 11) is 0. The van der Waals surface area contributed by atoms with Crippen LogP contribution in [0.4, 0.5) is 23.0 Å². The molecule has 0 saturated carbocycles. The fraction of sp³-hybridized carbons (Fsp3) is 0.111. The van der Waals surface area contributed by atoms with Gasteiger partial charge in [0.25, 0.3) is 5.91 Å². The van der Waals surface area contributed by atoms with E-state index in [4.69, 9.17) is 0 Å². The number of hydrogen-bond acceptors (Lipinski definition) is 8. The summed E-state index contributed by atoms with van der Waals surface area (Å²) >= 11 is 0. The van der Waals surface area contributed by atoms with Gasteiger partial charge in [0.2, 0.25) is 11.6 Å². The first kappa shape index (κ1) is 18.7. The Hall–Kier alpha value is -4.08. The average Bonchev–Trinajstić information content (AvgIpc) is 2.69. The van der Waals surface area contributed by atoms with Gasteiger partial charge >= 0.3 is 5.69 Å². The second-order valence-corrected chi connectivity index (χ2v) is 5.92. The van der Waals surface area contributed by atoms with Crippen LogP contribution in [0.1, 0.15) is 21.5 Å². The van der Waals surface area contributed by atoms with Gasteiger partial charge in [-0.25, -0.2) is 9.97 Å². The number of pyridine rings is 1. The molecular formula is C18H17N7O3. The topological polar surface area (TPSA) is 135 Å². The Balaban J connectivity index is 1.84. The van der Waals surface area contributed by atoms with Crippen LogP contribution >= 0.6 is 0 Å². The summed E-state index contributed by atoms with van der Waals surface area (Å²) < 4.78 is 0. The van der Waals surface area contributed by atoms with Crippen LogP contribution < -0.4 is 16.2 Å². The lowest BCUT2D eigenvalue weighted by Gasteiger charge is -2.11. The zero-order valence-electron chi connectivity index (χ0n) is 15.1. The molecule has 1 amide bonds. The monoisotopic (exact) mass is 379 g/mol. The Kier molecular flexibility index (Phi) is 5.40. The first-order chi connectivity index (χ1) is 13.5.